The maximum atomic E-state index is 12.6. The van der Waals surface area contributed by atoms with Gasteiger partial charge in [-0.25, -0.2) is 12.8 Å². The molecule has 1 aromatic rings. The van der Waals surface area contributed by atoms with Crippen molar-refractivity contribution in [1.29, 1.82) is 0 Å². The van der Waals surface area contributed by atoms with Crippen LogP contribution in [0.3, 0.4) is 0 Å². The van der Waals surface area contributed by atoms with Crippen molar-refractivity contribution in [2.75, 3.05) is 6.61 Å². The highest BCUT2D eigenvalue weighted by Crippen LogP contribution is 2.07. The van der Waals surface area contributed by atoms with Crippen LogP contribution in [0, 0.1) is 5.82 Å². The van der Waals surface area contributed by atoms with E-state index in [0.29, 0.717) is 5.56 Å². The van der Waals surface area contributed by atoms with Crippen LogP contribution < -0.4 is 4.72 Å². The lowest BCUT2D eigenvalue weighted by Gasteiger charge is -2.12. The second kappa shape index (κ2) is 5.89. The first-order valence-corrected chi connectivity index (χ1v) is 6.57. The molecule has 6 nitrogen and oxygen atoms in total. The fourth-order valence-corrected chi connectivity index (χ4v) is 2.55. The van der Waals surface area contributed by atoms with Crippen molar-refractivity contribution in [2.24, 2.45) is 0 Å². The van der Waals surface area contributed by atoms with Gasteiger partial charge in [0, 0.05) is 0 Å². The van der Waals surface area contributed by atoms with Crippen LogP contribution in [0.15, 0.2) is 24.3 Å². The number of carboxylic acid groups (broad SMARTS) is 1. The van der Waals surface area contributed by atoms with Crippen LogP contribution in [-0.2, 0) is 20.6 Å². The van der Waals surface area contributed by atoms with E-state index in [0.717, 1.165) is 12.1 Å². The van der Waals surface area contributed by atoms with E-state index >= 15 is 0 Å². The summed E-state index contributed by atoms with van der Waals surface area (Å²) in [5.41, 5.74) is 0.311. The zero-order valence-electron chi connectivity index (χ0n) is 9.21. The molecule has 0 bridgehead atoms. The molecule has 8 heteroatoms. The normalized spacial score (nSPS) is 13.2. The molecule has 1 aromatic carbocycles. The van der Waals surface area contributed by atoms with E-state index in [4.69, 9.17) is 10.2 Å². The summed E-state index contributed by atoms with van der Waals surface area (Å²) < 4.78 is 37.6. The number of aliphatic hydroxyl groups is 1. The fraction of sp³-hybridized carbons (Fsp3) is 0.300. The average Bonchev–Trinajstić information content (AvgIpc) is 2.28. The van der Waals surface area contributed by atoms with Crippen LogP contribution in [-0.4, -0.2) is 37.2 Å². The lowest BCUT2D eigenvalue weighted by Crippen LogP contribution is -2.43. The van der Waals surface area contributed by atoms with Crippen LogP contribution >= 0.6 is 0 Å². The van der Waals surface area contributed by atoms with Crippen LogP contribution in [0.1, 0.15) is 5.56 Å². The monoisotopic (exact) mass is 277 g/mol. The van der Waals surface area contributed by atoms with Crippen molar-refractivity contribution in [3.8, 4) is 0 Å². The molecule has 0 amide bonds. The molecular formula is C10H12FNO5S. The largest absolute Gasteiger partial charge is 0.480 e. The predicted molar refractivity (Wildman–Crippen MR) is 60.7 cm³/mol. The Hall–Kier alpha value is -1.51. The minimum atomic E-state index is -3.92. The van der Waals surface area contributed by atoms with Gasteiger partial charge in [0.15, 0.2) is 0 Å². The number of carboxylic acids is 1. The van der Waals surface area contributed by atoms with Crippen molar-refractivity contribution in [2.45, 2.75) is 11.8 Å². The third-order valence-electron chi connectivity index (χ3n) is 2.07. The molecule has 18 heavy (non-hydrogen) atoms. The second-order valence-corrected chi connectivity index (χ2v) is 5.33. The smallest absolute Gasteiger partial charge is 0.324 e. The summed E-state index contributed by atoms with van der Waals surface area (Å²) in [6, 6.07) is 3.18. The van der Waals surface area contributed by atoms with E-state index in [1.165, 1.54) is 12.1 Å². The van der Waals surface area contributed by atoms with Gasteiger partial charge in [-0.2, -0.15) is 4.72 Å². The number of carbonyl (C=O) groups is 1. The Morgan fingerprint density at radius 3 is 2.33 bits per heavy atom. The summed E-state index contributed by atoms with van der Waals surface area (Å²) in [4.78, 5) is 10.6. The second-order valence-electron chi connectivity index (χ2n) is 3.58. The van der Waals surface area contributed by atoms with E-state index in [-0.39, 0.29) is 0 Å². The molecule has 0 aromatic heterocycles. The van der Waals surface area contributed by atoms with Gasteiger partial charge in [0.2, 0.25) is 10.0 Å². The van der Waals surface area contributed by atoms with Gasteiger partial charge in [-0.3, -0.25) is 4.79 Å². The summed E-state index contributed by atoms with van der Waals surface area (Å²) in [5, 5.41) is 17.3. The maximum Gasteiger partial charge on any atom is 0.324 e. The summed E-state index contributed by atoms with van der Waals surface area (Å²) in [5.74, 6) is -2.46. The SMILES string of the molecule is O=C(O)[C@H](CO)NS(=O)(=O)Cc1ccc(F)cc1. The fourth-order valence-electron chi connectivity index (χ4n) is 1.22. The number of nitrogens with one attached hydrogen (secondary N) is 1. The van der Waals surface area contributed by atoms with Crippen molar-refractivity contribution < 1.29 is 27.8 Å². The number of hydrogen-bond donors (Lipinski definition) is 3. The maximum absolute atomic E-state index is 12.6. The number of hydrogen-bond acceptors (Lipinski definition) is 4. The summed E-state index contributed by atoms with van der Waals surface area (Å²) in [6.07, 6.45) is 0. The molecule has 100 valence electrons. The quantitative estimate of drug-likeness (QED) is 0.661. The molecule has 0 saturated heterocycles. The number of aliphatic hydroxyl groups excluding tert-OH is 1. The molecule has 0 aliphatic heterocycles. The van der Waals surface area contributed by atoms with E-state index in [1.54, 1.807) is 0 Å². The van der Waals surface area contributed by atoms with Gasteiger partial charge in [0.25, 0.3) is 0 Å². The molecule has 0 heterocycles. The number of halogens is 1. The molecule has 0 saturated carbocycles. The number of rotatable bonds is 6. The lowest BCUT2D eigenvalue weighted by atomic mass is 10.2. The Morgan fingerprint density at radius 2 is 1.89 bits per heavy atom. The van der Waals surface area contributed by atoms with Crippen LogP contribution in [0.25, 0.3) is 0 Å². The van der Waals surface area contributed by atoms with Gasteiger partial charge in [-0.05, 0) is 17.7 Å². The number of benzene rings is 1. The molecule has 0 spiro atoms. The minimum absolute atomic E-state index is 0.311. The van der Waals surface area contributed by atoms with Gasteiger partial charge in [0.05, 0.1) is 12.4 Å². The Morgan fingerprint density at radius 1 is 1.33 bits per heavy atom. The summed E-state index contributed by atoms with van der Waals surface area (Å²) in [7, 11) is -3.92. The van der Waals surface area contributed by atoms with Gasteiger partial charge in [-0.15, -0.1) is 0 Å². The van der Waals surface area contributed by atoms with Gasteiger partial charge in [0.1, 0.15) is 11.9 Å². The number of aliphatic carboxylic acids is 1. The van der Waals surface area contributed by atoms with Crippen molar-refractivity contribution in [1.82, 2.24) is 4.72 Å². The van der Waals surface area contributed by atoms with E-state index in [9.17, 15) is 17.6 Å². The molecule has 0 aliphatic carbocycles. The molecule has 3 N–H and O–H groups in total. The third-order valence-corrected chi connectivity index (χ3v) is 3.43. The molecule has 0 fully saturated rings. The topological polar surface area (TPSA) is 104 Å². The van der Waals surface area contributed by atoms with Crippen LogP contribution in [0.5, 0.6) is 0 Å². The van der Waals surface area contributed by atoms with Crippen molar-refractivity contribution >= 4 is 16.0 Å². The van der Waals surface area contributed by atoms with Gasteiger partial charge >= 0.3 is 5.97 Å². The standard InChI is InChI=1S/C10H12FNO5S/c11-8-3-1-7(2-4-8)6-18(16,17)12-9(5-13)10(14)15/h1-4,9,12-13H,5-6H2,(H,14,15)/t9-/m0/s1. The van der Waals surface area contributed by atoms with E-state index in [2.05, 4.69) is 0 Å². The van der Waals surface area contributed by atoms with Crippen LogP contribution in [0.2, 0.25) is 0 Å². The summed E-state index contributed by atoms with van der Waals surface area (Å²) in [6.45, 7) is -0.849. The molecule has 1 rings (SSSR count). The highest BCUT2D eigenvalue weighted by Gasteiger charge is 2.23. The molecule has 1 atom stereocenters. The van der Waals surface area contributed by atoms with Crippen LogP contribution in [0.4, 0.5) is 4.39 Å². The molecule has 0 aliphatic rings. The zero-order chi connectivity index (χ0) is 13.8. The van der Waals surface area contributed by atoms with Gasteiger partial charge in [-0.1, -0.05) is 12.1 Å². The van der Waals surface area contributed by atoms with E-state index in [1.807, 2.05) is 4.72 Å². The van der Waals surface area contributed by atoms with Crippen molar-refractivity contribution in [3.05, 3.63) is 35.6 Å². The highest BCUT2D eigenvalue weighted by atomic mass is 32.2. The Balaban J connectivity index is 2.76. The lowest BCUT2D eigenvalue weighted by molar-refractivity contribution is -0.139. The van der Waals surface area contributed by atoms with Gasteiger partial charge < -0.3 is 10.2 Å². The van der Waals surface area contributed by atoms with Crippen molar-refractivity contribution in [3.63, 3.8) is 0 Å². The Labute approximate surface area is 103 Å². The van der Waals surface area contributed by atoms with E-state index < -0.39 is 40.2 Å². The Bertz CT molecular complexity index is 514. The first-order valence-electron chi connectivity index (χ1n) is 4.92. The highest BCUT2D eigenvalue weighted by molar-refractivity contribution is 7.88. The first-order chi connectivity index (χ1) is 8.34. The summed E-state index contributed by atoms with van der Waals surface area (Å²) >= 11 is 0. The third kappa shape index (κ3) is 4.40. The zero-order valence-corrected chi connectivity index (χ0v) is 10.0. The molecule has 0 unspecified atom stereocenters. The molecule has 0 radical (unpaired) electrons. The predicted octanol–water partition coefficient (Wildman–Crippen LogP) is -0.309. The minimum Gasteiger partial charge on any atom is -0.480 e. The Kier molecular flexibility index (Phi) is 4.76. The first kappa shape index (κ1) is 14.6. The molecular weight excluding hydrogens is 265 g/mol. The number of sulfonamides is 1. The average molecular weight is 277 g/mol.